The Morgan fingerprint density at radius 1 is 1.24 bits per heavy atom. The van der Waals surface area contributed by atoms with Crippen LogP contribution in [0.25, 0.3) is 0 Å². The average molecular weight is 359 g/mol. The minimum Gasteiger partial charge on any atom is -0.481 e. The van der Waals surface area contributed by atoms with Crippen molar-refractivity contribution in [2.45, 2.75) is 59.3 Å². The van der Waals surface area contributed by atoms with Crippen molar-refractivity contribution in [3.8, 4) is 0 Å². The second kappa shape index (κ2) is 5.77. The van der Waals surface area contributed by atoms with Crippen LogP contribution in [0, 0.1) is 40.4 Å². The molecule has 0 amide bonds. The molecule has 0 heterocycles. The molecule has 0 aromatic heterocycles. The fourth-order valence-corrected chi connectivity index (χ4v) is 7.44. The molecule has 2 nitrogen and oxygen atoms in total. The molecule has 3 heteroatoms. The lowest BCUT2D eigenvalue weighted by molar-refractivity contribution is -0.146. The molecule has 25 heavy (non-hydrogen) atoms. The first kappa shape index (κ1) is 17.5. The normalized spacial score (nSPS) is 46.7. The zero-order chi connectivity index (χ0) is 18.0. The Labute approximate surface area is 156 Å². The molecule has 4 aliphatic carbocycles. The molecule has 0 radical (unpaired) electrons. The van der Waals surface area contributed by atoms with Crippen molar-refractivity contribution in [3.05, 3.63) is 23.8 Å². The minimum atomic E-state index is -0.612. The third-order valence-corrected chi connectivity index (χ3v) is 8.88. The maximum absolute atomic E-state index is 11.6. The van der Waals surface area contributed by atoms with E-state index in [4.69, 9.17) is 12.2 Å². The van der Waals surface area contributed by atoms with Crippen molar-refractivity contribution in [1.29, 1.82) is 0 Å². The lowest BCUT2D eigenvalue weighted by Crippen LogP contribution is -2.50. The van der Waals surface area contributed by atoms with Gasteiger partial charge < -0.3 is 5.11 Å². The standard InChI is InChI=1S/C22H30O2S/c1-13(20(23)24)17-6-7-18-16-5-4-14-12-15(25)8-10-21(14,2)19(16)9-11-22(17,18)3/h8,10,12-13,16-19H,4-7,9,11H2,1-3H3,(H,23,24)/t13?,16-,17+,18-,19-,21-,22+/m0/s1. The topological polar surface area (TPSA) is 37.3 Å². The Balaban J connectivity index is 1.65. The van der Waals surface area contributed by atoms with Gasteiger partial charge in [0.15, 0.2) is 0 Å². The molecule has 7 atom stereocenters. The average Bonchev–Trinajstić information content (AvgIpc) is 2.92. The minimum absolute atomic E-state index is 0.170. The Morgan fingerprint density at radius 2 is 2.00 bits per heavy atom. The van der Waals surface area contributed by atoms with Gasteiger partial charge in [0.05, 0.1) is 5.92 Å². The first-order valence-corrected chi connectivity index (χ1v) is 10.4. The fourth-order valence-electron chi connectivity index (χ4n) is 7.23. The summed E-state index contributed by atoms with van der Waals surface area (Å²) in [5.41, 5.74) is 1.92. The largest absolute Gasteiger partial charge is 0.481 e. The summed E-state index contributed by atoms with van der Waals surface area (Å²) >= 11 is 5.41. The molecule has 4 rings (SSSR count). The third kappa shape index (κ3) is 2.41. The predicted molar refractivity (Wildman–Crippen MR) is 104 cm³/mol. The molecule has 1 N–H and O–H groups in total. The van der Waals surface area contributed by atoms with Gasteiger partial charge in [0.25, 0.3) is 0 Å². The molecule has 1 unspecified atom stereocenters. The highest BCUT2D eigenvalue weighted by molar-refractivity contribution is 7.81. The summed E-state index contributed by atoms with van der Waals surface area (Å²) in [4.78, 5) is 12.6. The number of aliphatic carboxylic acids is 1. The van der Waals surface area contributed by atoms with E-state index in [1.54, 1.807) is 5.57 Å². The van der Waals surface area contributed by atoms with Gasteiger partial charge in [-0.25, -0.2) is 0 Å². The van der Waals surface area contributed by atoms with Gasteiger partial charge in [0, 0.05) is 10.3 Å². The van der Waals surface area contributed by atoms with E-state index in [1.807, 2.05) is 6.92 Å². The van der Waals surface area contributed by atoms with E-state index in [0.29, 0.717) is 17.8 Å². The monoisotopic (exact) mass is 358 g/mol. The van der Waals surface area contributed by atoms with Gasteiger partial charge in [-0.1, -0.05) is 44.6 Å². The van der Waals surface area contributed by atoms with E-state index in [0.717, 1.165) is 23.6 Å². The predicted octanol–water partition coefficient (Wildman–Crippen LogP) is 5.43. The maximum Gasteiger partial charge on any atom is 0.306 e. The molecule has 3 saturated carbocycles. The number of carbonyl (C=O) groups is 1. The van der Waals surface area contributed by atoms with Gasteiger partial charge in [0.1, 0.15) is 0 Å². The summed E-state index contributed by atoms with van der Waals surface area (Å²) in [7, 11) is 0. The molecule has 0 aromatic carbocycles. The van der Waals surface area contributed by atoms with Crippen molar-refractivity contribution in [2.75, 3.05) is 0 Å². The van der Waals surface area contributed by atoms with Crippen LogP contribution < -0.4 is 0 Å². The molecule has 0 saturated heterocycles. The van der Waals surface area contributed by atoms with Crippen molar-refractivity contribution < 1.29 is 9.90 Å². The van der Waals surface area contributed by atoms with E-state index in [2.05, 4.69) is 32.1 Å². The molecule has 0 spiro atoms. The molecule has 0 aromatic rings. The number of allylic oxidation sites excluding steroid dienone is 4. The van der Waals surface area contributed by atoms with Crippen LogP contribution in [-0.2, 0) is 4.79 Å². The lowest BCUT2D eigenvalue weighted by Gasteiger charge is -2.57. The zero-order valence-electron chi connectivity index (χ0n) is 15.6. The molecule has 136 valence electrons. The lowest BCUT2D eigenvalue weighted by atomic mass is 9.47. The SMILES string of the molecule is CC(C(=O)O)[C@H]1CC[C@H]2[C@@H]3CCC4=CC(=S)C=C[C@]4(C)[C@H]3CC[C@]12C. The summed E-state index contributed by atoms with van der Waals surface area (Å²) in [5.74, 6) is 1.65. The van der Waals surface area contributed by atoms with Crippen molar-refractivity contribution in [1.82, 2.24) is 0 Å². The van der Waals surface area contributed by atoms with Crippen LogP contribution in [0.3, 0.4) is 0 Å². The van der Waals surface area contributed by atoms with Gasteiger partial charge in [-0.2, -0.15) is 0 Å². The first-order valence-electron chi connectivity index (χ1n) is 9.94. The number of carboxylic acid groups (broad SMARTS) is 1. The summed E-state index contributed by atoms with van der Waals surface area (Å²) in [6, 6.07) is 0. The van der Waals surface area contributed by atoms with Crippen LogP contribution in [0.4, 0.5) is 0 Å². The molecule has 0 bridgehead atoms. The van der Waals surface area contributed by atoms with Crippen LogP contribution in [0.15, 0.2) is 23.8 Å². The van der Waals surface area contributed by atoms with Crippen LogP contribution >= 0.6 is 12.2 Å². The third-order valence-electron chi connectivity index (χ3n) is 8.62. The van der Waals surface area contributed by atoms with Crippen molar-refractivity contribution in [2.24, 2.45) is 40.4 Å². The van der Waals surface area contributed by atoms with Gasteiger partial charge in [-0.3, -0.25) is 4.79 Å². The number of hydrogen-bond donors (Lipinski definition) is 1. The fraction of sp³-hybridized carbons (Fsp3) is 0.727. The number of rotatable bonds is 2. The van der Waals surface area contributed by atoms with Crippen LogP contribution in [0.2, 0.25) is 0 Å². The van der Waals surface area contributed by atoms with Crippen LogP contribution in [0.5, 0.6) is 0 Å². The second-order valence-corrected chi connectivity index (χ2v) is 9.93. The van der Waals surface area contributed by atoms with Gasteiger partial charge in [-0.15, -0.1) is 0 Å². The Morgan fingerprint density at radius 3 is 2.72 bits per heavy atom. The smallest absolute Gasteiger partial charge is 0.306 e. The van der Waals surface area contributed by atoms with Gasteiger partial charge in [0.2, 0.25) is 0 Å². The molecule has 3 fully saturated rings. The van der Waals surface area contributed by atoms with E-state index >= 15 is 0 Å². The Bertz CT molecular complexity index is 678. The Hall–Kier alpha value is -0.960. The summed E-state index contributed by atoms with van der Waals surface area (Å²) < 4.78 is 0. The highest BCUT2D eigenvalue weighted by atomic mass is 32.1. The summed E-state index contributed by atoms with van der Waals surface area (Å²) in [6.07, 6.45) is 13.9. The number of thiocarbonyl (C=S) groups is 1. The highest BCUT2D eigenvalue weighted by Crippen LogP contribution is 2.66. The van der Waals surface area contributed by atoms with E-state index < -0.39 is 5.97 Å². The Kier molecular flexibility index (Phi) is 4.03. The van der Waals surface area contributed by atoms with E-state index in [1.165, 1.54) is 25.7 Å². The quantitative estimate of drug-likeness (QED) is 0.669. The van der Waals surface area contributed by atoms with Crippen molar-refractivity contribution in [3.63, 3.8) is 0 Å². The van der Waals surface area contributed by atoms with Crippen LogP contribution in [-0.4, -0.2) is 15.9 Å². The highest BCUT2D eigenvalue weighted by Gasteiger charge is 2.59. The number of carboxylic acids is 1. The summed E-state index contributed by atoms with van der Waals surface area (Å²) in [5, 5.41) is 9.57. The maximum atomic E-state index is 11.6. The molecule has 0 aliphatic heterocycles. The zero-order valence-corrected chi connectivity index (χ0v) is 16.4. The van der Waals surface area contributed by atoms with Gasteiger partial charge >= 0.3 is 5.97 Å². The van der Waals surface area contributed by atoms with E-state index in [9.17, 15) is 9.90 Å². The second-order valence-electron chi connectivity index (χ2n) is 9.46. The number of hydrogen-bond acceptors (Lipinski definition) is 2. The number of fused-ring (bicyclic) bond motifs is 5. The van der Waals surface area contributed by atoms with Crippen molar-refractivity contribution >= 4 is 23.1 Å². The van der Waals surface area contributed by atoms with Gasteiger partial charge in [-0.05, 0) is 79.8 Å². The molecule has 4 aliphatic rings. The summed E-state index contributed by atoms with van der Waals surface area (Å²) in [6.45, 7) is 6.76. The van der Waals surface area contributed by atoms with E-state index in [-0.39, 0.29) is 16.7 Å². The first-order chi connectivity index (χ1) is 11.8. The van der Waals surface area contributed by atoms with Crippen LogP contribution in [0.1, 0.15) is 59.3 Å². The molecular formula is C22H30O2S. The molecular weight excluding hydrogens is 328 g/mol.